The summed E-state index contributed by atoms with van der Waals surface area (Å²) in [6, 6.07) is 7.06. The SMILES string of the molecule is CNC1CC(c2ccc(OCCC(C)C)c(OC)c2)C1. The molecule has 1 N–H and O–H groups in total. The molecule has 3 nitrogen and oxygen atoms in total. The number of nitrogens with one attached hydrogen (secondary N) is 1. The number of methoxy groups -OCH3 is 1. The molecule has 112 valence electrons. The Morgan fingerprint density at radius 3 is 2.60 bits per heavy atom. The maximum Gasteiger partial charge on any atom is 0.161 e. The molecule has 0 aromatic heterocycles. The lowest BCUT2D eigenvalue weighted by Crippen LogP contribution is -2.37. The molecule has 0 bridgehead atoms. The maximum atomic E-state index is 5.83. The fourth-order valence-corrected chi connectivity index (χ4v) is 2.59. The molecular formula is C17H27NO2. The predicted molar refractivity (Wildman–Crippen MR) is 82.8 cm³/mol. The second-order valence-corrected chi connectivity index (χ2v) is 6.10. The van der Waals surface area contributed by atoms with Gasteiger partial charge < -0.3 is 14.8 Å². The smallest absolute Gasteiger partial charge is 0.161 e. The van der Waals surface area contributed by atoms with E-state index in [0.29, 0.717) is 17.9 Å². The van der Waals surface area contributed by atoms with Crippen LogP contribution in [0.3, 0.4) is 0 Å². The zero-order valence-corrected chi connectivity index (χ0v) is 13.1. The first-order chi connectivity index (χ1) is 9.63. The van der Waals surface area contributed by atoms with Crippen LogP contribution in [0, 0.1) is 5.92 Å². The third-order valence-electron chi connectivity index (χ3n) is 4.16. The van der Waals surface area contributed by atoms with E-state index in [1.807, 2.05) is 7.05 Å². The summed E-state index contributed by atoms with van der Waals surface area (Å²) in [5.41, 5.74) is 1.37. The Morgan fingerprint density at radius 2 is 2.00 bits per heavy atom. The number of benzene rings is 1. The van der Waals surface area contributed by atoms with Gasteiger partial charge in [-0.2, -0.15) is 0 Å². The van der Waals surface area contributed by atoms with E-state index < -0.39 is 0 Å². The van der Waals surface area contributed by atoms with E-state index >= 15 is 0 Å². The average Bonchev–Trinajstić information content (AvgIpc) is 2.38. The zero-order valence-electron chi connectivity index (χ0n) is 13.1. The van der Waals surface area contributed by atoms with Crippen molar-refractivity contribution in [1.82, 2.24) is 5.32 Å². The minimum Gasteiger partial charge on any atom is -0.493 e. The van der Waals surface area contributed by atoms with Crippen LogP contribution in [0.25, 0.3) is 0 Å². The highest BCUT2D eigenvalue weighted by Gasteiger charge is 2.29. The van der Waals surface area contributed by atoms with Gasteiger partial charge in [-0.1, -0.05) is 19.9 Å². The Labute approximate surface area is 122 Å². The second-order valence-electron chi connectivity index (χ2n) is 6.10. The van der Waals surface area contributed by atoms with Gasteiger partial charge in [0.15, 0.2) is 11.5 Å². The third kappa shape index (κ3) is 3.66. The normalized spacial score (nSPS) is 21.6. The van der Waals surface area contributed by atoms with Crippen molar-refractivity contribution in [3.05, 3.63) is 23.8 Å². The molecule has 0 radical (unpaired) electrons. The molecule has 0 amide bonds. The fourth-order valence-electron chi connectivity index (χ4n) is 2.59. The van der Waals surface area contributed by atoms with E-state index in [1.165, 1.54) is 18.4 Å². The molecular weight excluding hydrogens is 250 g/mol. The molecule has 1 aromatic rings. The van der Waals surface area contributed by atoms with Crippen LogP contribution in [-0.2, 0) is 0 Å². The average molecular weight is 277 g/mol. The van der Waals surface area contributed by atoms with Crippen LogP contribution < -0.4 is 14.8 Å². The Balaban J connectivity index is 1.97. The minimum absolute atomic E-state index is 0.658. The highest BCUT2D eigenvalue weighted by Crippen LogP contribution is 2.40. The molecule has 0 unspecified atom stereocenters. The fraction of sp³-hybridized carbons (Fsp3) is 0.647. The first-order valence-corrected chi connectivity index (χ1v) is 7.62. The third-order valence-corrected chi connectivity index (χ3v) is 4.16. The topological polar surface area (TPSA) is 30.5 Å². The van der Waals surface area contributed by atoms with E-state index in [4.69, 9.17) is 9.47 Å². The zero-order chi connectivity index (χ0) is 14.5. The molecule has 0 heterocycles. The largest absolute Gasteiger partial charge is 0.493 e. The quantitative estimate of drug-likeness (QED) is 0.826. The monoisotopic (exact) mass is 277 g/mol. The van der Waals surface area contributed by atoms with E-state index in [2.05, 4.69) is 37.4 Å². The van der Waals surface area contributed by atoms with E-state index in [0.717, 1.165) is 24.5 Å². The van der Waals surface area contributed by atoms with Gasteiger partial charge in [0.05, 0.1) is 13.7 Å². The molecule has 3 heteroatoms. The first kappa shape index (κ1) is 15.2. The highest BCUT2D eigenvalue weighted by molar-refractivity contribution is 5.44. The molecule has 1 saturated carbocycles. The van der Waals surface area contributed by atoms with Crippen molar-refractivity contribution in [2.24, 2.45) is 5.92 Å². The molecule has 1 aromatic carbocycles. The van der Waals surface area contributed by atoms with Gasteiger partial charge in [-0.05, 0) is 55.8 Å². The minimum atomic E-state index is 0.658. The molecule has 2 rings (SSSR count). The van der Waals surface area contributed by atoms with E-state index in [-0.39, 0.29) is 0 Å². The lowest BCUT2D eigenvalue weighted by Gasteiger charge is -2.35. The van der Waals surface area contributed by atoms with Crippen molar-refractivity contribution in [2.45, 2.75) is 45.1 Å². The molecule has 0 aliphatic heterocycles. The van der Waals surface area contributed by atoms with Crippen LogP contribution in [0.2, 0.25) is 0 Å². The number of ether oxygens (including phenoxy) is 2. The maximum absolute atomic E-state index is 5.83. The summed E-state index contributed by atoms with van der Waals surface area (Å²) in [5, 5.41) is 3.32. The van der Waals surface area contributed by atoms with E-state index in [9.17, 15) is 0 Å². The summed E-state index contributed by atoms with van der Waals surface area (Å²) >= 11 is 0. The molecule has 0 spiro atoms. The summed E-state index contributed by atoms with van der Waals surface area (Å²) in [7, 11) is 3.75. The summed E-state index contributed by atoms with van der Waals surface area (Å²) in [6.07, 6.45) is 3.50. The Kier molecular flexibility index (Phi) is 5.30. The Morgan fingerprint density at radius 1 is 1.25 bits per heavy atom. The van der Waals surface area contributed by atoms with Crippen LogP contribution in [0.5, 0.6) is 11.5 Å². The lowest BCUT2D eigenvalue weighted by atomic mass is 9.76. The van der Waals surface area contributed by atoms with Crippen LogP contribution in [-0.4, -0.2) is 26.8 Å². The number of hydrogen-bond donors (Lipinski definition) is 1. The van der Waals surface area contributed by atoms with E-state index in [1.54, 1.807) is 7.11 Å². The van der Waals surface area contributed by atoms with Gasteiger partial charge in [-0.15, -0.1) is 0 Å². The van der Waals surface area contributed by atoms with Crippen molar-refractivity contribution in [2.75, 3.05) is 20.8 Å². The second kappa shape index (κ2) is 6.98. The van der Waals surface area contributed by atoms with Gasteiger partial charge >= 0.3 is 0 Å². The Hall–Kier alpha value is -1.22. The molecule has 0 atom stereocenters. The van der Waals surface area contributed by atoms with Crippen LogP contribution in [0.15, 0.2) is 18.2 Å². The molecule has 0 saturated heterocycles. The van der Waals surface area contributed by atoms with Gasteiger partial charge in [0.25, 0.3) is 0 Å². The van der Waals surface area contributed by atoms with Crippen molar-refractivity contribution < 1.29 is 9.47 Å². The lowest BCUT2D eigenvalue weighted by molar-refractivity contribution is 0.271. The first-order valence-electron chi connectivity index (χ1n) is 7.62. The molecule has 1 fully saturated rings. The standard InChI is InChI=1S/C17H27NO2/c1-12(2)7-8-20-16-6-5-13(11-17(16)19-4)14-9-15(10-14)18-3/h5-6,11-12,14-15,18H,7-10H2,1-4H3. The van der Waals surface area contributed by atoms with Crippen LogP contribution >= 0.6 is 0 Å². The Bertz CT molecular complexity index is 425. The summed E-state index contributed by atoms with van der Waals surface area (Å²) in [6.45, 7) is 5.16. The van der Waals surface area contributed by atoms with Crippen LogP contribution in [0.4, 0.5) is 0 Å². The van der Waals surface area contributed by atoms with Crippen molar-refractivity contribution in [3.63, 3.8) is 0 Å². The molecule has 20 heavy (non-hydrogen) atoms. The highest BCUT2D eigenvalue weighted by atomic mass is 16.5. The van der Waals surface area contributed by atoms with Gasteiger partial charge in [0.2, 0.25) is 0 Å². The van der Waals surface area contributed by atoms with Gasteiger partial charge in [-0.3, -0.25) is 0 Å². The van der Waals surface area contributed by atoms with Crippen molar-refractivity contribution in [1.29, 1.82) is 0 Å². The summed E-state index contributed by atoms with van der Waals surface area (Å²) in [5.74, 6) is 3.04. The van der Waals surface area contributed by atoms with Crippen molar-refractivity contribution >= 4 is 0 Å². The summed E-state index contributed by atoms with van der Waals surface area (Å²) in [4.78, 5) is 0. The van der Waals surface area contributed by atoms with Gasteiger partial charge in [0.1, 0.15) is 0 Å². The van der Waals surface area contributed by atoms with Crippen LogP contribution in [0.1, 0.15) is 44.6 Å². The predicted octanol–water partition coefficient (Wildman–Crippen LogP) is 3.59. The van der Waals surface area contributed by atoms with Gasteiger partial charge in [-0.25, -0.2) is 0 Å². The number of hydrogen-bond acceptors (Lipinski definition) is 3. The number of rotatable bonds is 7. The molecule has 1 aliphatic carbocycles. The molecule has 1 aliphatic rings. The van der Waals surface area contributed by atoms with Gasteiger partial charge in [0, 0.05) is 6.04 Å². The summed E-state index contributed by atoms with van der Waals surface area (Å²) < 4.78 is 11.3. The van der Waals surface area contributed by atoms with Crippen molar-refractivity contribution in [3.8, 4) is 11.5 Å².